The maximum Gasteiger partial charge on any atom is 0.226 e. The van der Waals surface area contributed by atoms with Crippen molar-refractivity contribution >= 4 is 28.2 Å². The summed E-state index contributed by atoms with van der Waals surface area (Å²) in [5, 5.41) is 3.37. The molecule has 4 nitrogen and oxygen atoms in total. The first-order valence-corrected chi connectivity index (χ1v) is 8.61. The highest BCUT2D eigenvalue weighted by Gasteiger charge is 2.34. The average Bonchev–Trinajstić information content (AvgIpc) is 2.87. The van der Waals surface area contributed by atoms with E-state index < -0.39 is 0 Å². The fraction of sp³-hybridized carbons (Fsp3) is 0.389. The number of anilines is 1. The van der Waals surface area contributed by atoms with Crippen molar-refractivity contribution in [3.63, 3.8) is 0 Å². The van der Waals surface area contributed by atoms with Gasteiger partial charge in [0, 0.05) is 12.8 Å². The lowest BCUT2D eigenvalue weighted by Crippen LogP contribution is -2.26. The van der Waals surface area contributed by atoms with E-state index in [1.165, 1.54) is 11.3 Å². The number of carbonyl (C=O) groups is 2. The highest BCUT2D eigenvalue weighted by Crippen LogP contribution is 2.38. The van der Waals surface area contributed by atoms with Crippen molar-refractivity contribution < 1.29 is 9.59 Å². The third-order valence-corrected chi connectivity index (χ3v) is 5.02. The molecule has 0 saturated heterocycles. The van der Waals surface area contributed by atoms with Crippen LogP contribution in [-0.4, -0.2) is 16.7 Å². The van der Waals surface area contributed by atoms with Crippen LogP contribution in [-0.2, 0) is 17.6 Å². The maximum atomic E-state index is 12.2. The summed E-state index contributed by atoms with van der Waals surface area (Å²) in [5.41, 5.74) is 1.92. The van der Waals surface area contributed by atoms with Gasteiger partial charge >= 0.3 is 0 Å². The fourth-order valence-corrected chi connectivity index (χ4v) is 3.79. The van der Waals surface area contributed by atoms with Gasteiger partial charge in [0.25, 0.3) is 0 Å². The lowest BCUT2D eigenvalue weighted by Gasteiger charge is -2.26. The van der Waals surface area contributed by atoms with Crippen molar-refractivity contribution in [3.05, 3.63) is 46.5 Å². The summed E-state index contributed by atoms with van der Waals surface area (Å²) < 4.78 is 0. The van der Waals surface area contributed by atoms with Crippen LogP contribution in [0.3, 0.4) is 0 Å². The summed E-state index contributed by atoms with van der Waals surface area (Å²) in [5.74, 6) is 0.0743. The Hall–Kier alpha value is -2.01. The topological polar surface area (TPSA) is 59.1 Å². The molecule has 1 amide bonds. The number of aryl methyl sites for hydroxylation is 1. The number of benzene rings is 1. The molecule has 0 atom stereocenters. The van der Waals surface area contributed by atoms with Crippen LogP contribution >= 0.6 is 11.3 Å². The van der Waals surface area contributed by atoms with E-state index in [4.69, 9.17) is 0 Å². The van der Waals surface area contributed by atoms with Crippen molar-refractivity contribution in [2.75, 3.05) is 5.32 Å². The van der Waals surface area contributed by atoms with Gasteiger partial charge in [-0.05, 0) is 23.8 Å². The van der Waals surface area contributed by atoms with E-state index in [0.29, 0.717) is 29.3 Å². The minimum absolute atomic E-state index is 0.0489. The minimum atomic E-state index is -0.0633. The van der Waals surface area contributed by atoms with E-state index in [-0.39, 0.29) is 17.1 Å². The quantitative estimate of drug-likeness (QED) is 0.927. The van der Waals surface area contributed by atoms with Crippen molar-refractivity contribution in [1.29, 1.82) is 0 Å². The molecule has 1 heterocycles. The normalized spacial score (nSPS) is 16.0. The second-order valence-corrected chi connectivity index (χ2v) is 7.77. The van der Waals surface area contributed by atoms with Crippen molar-refractivity contribution in [2.24, 2.45) is 5.41 Å². The molecule has 0 radical (unpaired) electrons. The molecule has 23 heavy (non-hydrogen) atoms. The predicted octanol–water partition coefficient (Wildman–Crippen LogP) is 3.87. The molecule has 0 unspecified atom stereocenters. The molecule has 3 rings (SSSR count). The molecule has 0 spiro atoms. The summed E-state index contributed by atoms with van der Waals surface area (Å²) in [6, 6.07) is 9.92. The first-order chi connectivity index (χ1) is 10.9. The SMILES string of the molecule is CC1(C)CC(=O)c2sc(NC(=O)CCc3ccccc3)nc2C1. The number of ketones is 1. The molecule has 0 bridgehead atoms. The molecule has 2 aromatic rings. The third-order valence-electron chi connectivity index (χ3n) is 3.97. The zero-order chi connectivity index (χ0) is 16.4. The molecule has 120 valence electrons. The van der Waals surface area contributed by atoms with E-state index in [9.17, 15) is 9.59 Å². The Morgan fingerprint density at radius 1 is 1.26 bits per heavy atom. The molecule has 1 aromatic heterocycles. The first kappa shape index (κ1) is 15.9. The molecule has 1 aromatic carbocycles. The van der Waals surface area contributed by atoms with Crippen molar-refractivity contribution in [2.45, 2.75) is 39.5 Å². The molecule has 1 aliphatic rings. The molecule has 5 heteroatoms. The predicted molar refractivity (Wildman–Crippen MR) is 91.9 cm³/mol. The van der Waals surface area contributed by atoms with Crippen LogP contribution in [0.25, 0.3) is 0 Å². The second-order valence-electron chi connectivity index (χ2n) is 6.77. The second kappa shape index (κ2) is 6.24. The van der Waals surface area contributed by atoms with Crippen molar-refractivity contribution in [1.82, 2.24) is 4.98 Å². The number of nitrogens with one attached hydrogen (secondary N) is 1. The highest BCUT2D eigenvalue weighted by atomic mass is 32.1. The zero-order valence-corrected chi connectivity index (χ0v) is 14.2. The molecule has 0 fully saturated rings. The van der Waals surface area contributed by atoms with Crippen molar-refractivity contribution in [3.8, 4) is 0 Å². The number of hydrogen-bond acceptors (Lipinski definition) is 4. The number of rotatable bonds is 4. The fourth-order valence-electron chi connectivity index (χ4n) is 2.86. The molecule has 1 N–H and O–H groups in total. The van der Waals surface area contributed by atoms with E-state index in [1.807, 2.05) is 30.3 Å². The van der Waals surface area contributed by atoms with E-state index in [1.54, 1.807) is 0 Å². The summed E-state index contributed by atoms with van der Waals surface area (Å²) in [7, 11) is 0. The van der Waals surface area contributed by atoms with E-state index >= 15 is 0 Å². The van der Waals surface area contributed by atoms with Gasteiger partial charge in [0.1, 0.15) is 0 Å². The Kier molecular flexibility index (Phi) is 4.31. The Labute approximate surface area is 140 Å². The van der Waals surface area contributed by atoms with Gasteiger partial charge in [0.15, 0.2) is 10.9 Å². The molecule has 0 saturated carbocycles. The molecular formula is C18H20N2O2S. The Bertz CT molecular complexity index is 735. The van der Waals surface area contributed by atoms with Gasteiger partial charge in [0.05, 0.1) is 10.6 Å². The van der Waals surface area contributed by atoms with Crippen LogP contribution in [0.5, 0.6) is 0 Å². The number of aromatic nitrogens is 1. The zero-order valence-electron chi connectivity index (χ0n) is 13.4. The van der Waals surface area contributed by atoms with Crippen LogP contribution in [0.1, 0.15) is 47.6 Å². The third kappa shape index (κ3) is 3.85. The summed E-state index contributed by atoms with van der Waals surface area (Å²) >= 11 is 1.30. The Morgan fingerprint density at radius 2 is 2.00 bits per heavy atom. The highest BCUT2D eigenvalue weighted by molar-refractivity contribution is 7.17. The number of Topliss-reactive ketones (excluding diaryl/α,β-unsaturated/α-hetero) is 1. The summed E-state index contributed by atoms with van der Waals surface area (Å²) in [6.45, 7) is 4.15. The maximum absolute atomic E-state index is 12.2. The first-order valence-electron chi connectivity index (χ1n) is 7.80. The van der Waals surface area contributed by atoms with Crippen LogP contribution in [0.15, 0.2) is 30.3 Å². The number of carbonyl (C=O) groups excluding carboxylic acids is 2. The number of nitrogens with zero attached hydrogens (tertiary/aromatic N) is 1. The number of amides is 1. The molecule has 0 aliphatic heterocycles. The molecule has 1 aliphatic carbocycles. The molecular weight excluding hydrogens is 308 g/mol. The number of hydrogen-bond donors (Lipinski definition) is 1. The van der Waals surface area contributed by atoms with Crippen LogP contribution in [0.4, 0.5) is 5.13 Å². The van der Waals surface area contributed by atoms with Crippen LogP contribution < -0.4 is 5.32 Å². The smallest absolute Gasteiger partial charge is 0.226 e. The van der Waals surface area contributed by atoms with Gasteiger partial charge in [-0.3, -0.25) is 9.59 Å². The number of thiazole rings is 1. The van der Waals surface area contributed by atoms with Gasteiger partial charge in [-0.1, -0.05) is 55.5 Å². The standard InChI is InChI=1S/C18H20N2O2S/c1-18(2)10-13-16(14(21)11-18)23-17(19-13)20-15(22)9-8-12-6-4-3-5-7-12/h3-7H,8-11H2,1-2H3,(H,19,20,22). The summed E-state index contributed by atoms with van der Waals surface area (Å²) in [4.78, 5) is 29.4. The van der Waals surface area contributed by atoms with Crippen LogP contribution in [0.2, 0.25) is 0 Å². The Morgan fingerprint density at radius 3 is 2.74 bits per heavy atom. The minimum Gasteiger partial charge on any atom is -0.302 e. The lowest BCUT2D eigenvalue weighted by atomic mass is 9.78. The summed E-state index contributed by atoms with van der Waals surface area (Å²) in [6.07, 6.45) is 2.44. The van der Waals surface area contributed by atoms with Gasteiger partial charge in [-0.2, -0.15) is 0 Å². The van der Waals surface area contributed by atoms with Gasteiger partial charge < -0.3 is 5.32 Å². The largest absolute Gasteiger partial charge is 0.302 e. The van der Waals surface area contributed by atoms with E-state index in [0.717, 1.165) is 17.7 Å². The number of fused-ring (bicyclic) bond motifs is 1. The van der Waals surface area contributed by atoms with E-state index in [2.05, 4.69) is 24.1 Å². The van der Waals surface area contributed by atoms with Gasteiger partial charge in [-0.15, -0.1) is 0 Å². The average molecular weight is 328 g/mol. The van der Waals surface area contributed by atoms with Crippen LogP contribution in [0, 0.1) is 5.41 Å². The van der Waals surface area contributed by atoms with Gasteiger partial charge in [-0.25, -0.2) is 4.98 Å². The Balaban J connectivity index is 1.63. The van der Waals surface area contributed by atoms with Gasteiger partial charge in [0.2, 0.25) is 5.91 Å². The monoisotopic (exact) mass is 328 g/mol. The lowest BCUT2D eigenvalue weighted by molar-refractivity contribution is -0.116.